The summed E-state index contributed by atoms with van der Waals surface area (Å²) < 4.78 is 72.0. The smallest absolute Gasteiger partial charge is 0.433 e. The molecule has 4 saturated carbocycles. The van der Waals surface area contributed by atoms with E-state index in [-0.39, 0.29) is 31.7 Å². The van der Waals surface area contributed by atoms with Gasteiger partial charge in [-0.15, -0.1) is 0 Å². The lowest BCUT2D eigenvalue weighted by molar-refractivity contribution is -0.363. The molecule has 0 radical (unpaired) electrons. The van der Waals surface area contributed by atoms with E-state index in [1.54, 1.807) is 60.7 Å². The van der Waals surface area contributed by atoms with Crippen LogP contribution >= 0.6 is 0 Å². The SMILES string of the molecule is C=C1CC23CCC4[C@](C)(C(=O)O[C@@H]5OC(CO)[C@@H](O)C(O)C5O[C@@H]5OC(CO)[C@@H](O)C(O)C5O)CCC[C@@]4(C)[C@@H]2CC[C@]1(OC[C@@H]1OC(CO)[C@@H](O)C(COC[C@@H](/C=N/C(=O)OCc2ccccc2)OC(CO)[C@@H](O)/C=N\C(=O)OCc2ccccc2)C1O[C@@H]1OC(CO)[C@@H](O)C(O)C1O)C3. The van der Waals surface area contributed by atoms with E-state index in [9.17, 15) is 86.2 Å². The molecule has 4 saturated heterocycles. The molecule has 2 amide bonds. The van der Waals surface area contributed by atoms with Crippen LogP contribution in [0.5, 0.6) is 0 Å². The summed E-state index contributed by atoms with van der Waals surface area (Å²) in [4.78, 5) is 48.1. The van der Waals surface area contributed by atoms with Gasteiger partial charge in [-0.1, -0.05) is 80.6 Å². The Morgan fingerprint density at radius 2 is 1.12 bits per heavy atom. The van der Waals surface area contributed by atoms with Crippen molar-refractivity contribution in [3.8, 4) is 0 Å². The standard InChI is InChI=1S/C69H98N2O30/c1-35-21-68-19-15-47-66(2,17-10-18-67(47,3)63(87)101-62-59(55(84)52(81)45(28-76)98-62)100-61-57(86)54(83)51(80)44(27-75)97-61)48(68)16-20-69(35,34-68)93-33-46-58(99-60-56(85)53(82)50(79)43(26-74)96-60)39(49(78)42(25-73)95-46)32-90-31-38(22-70-64(88)91-29-36-11-6-4-7-12-36)94-41(24-72)40(77)23-71-65(89)92-30-37-13-8-5-9-14-37/h4-9,11-14,22-23,38-62,72-86H,1,10,15-21,24-34H2,2-3H3/b70-22+,71-23-/t38-,39?,40+,41?,42?,43?,44?,45?,46+,47?,48+,49+,50-,51-,52-,53?,54?,55?,56?,57?,58?,59?,60+,61+,62+,66-,67-,68?,69+/m1/s1. The highest BCUT2D eigenvalue weighted by Crippen LogP contribution is 2.73. The average Bonchev–Trinajstić information content (AvgIpc) is 1.64. The average molecular weight is 1440 g/mol. The van der Waals surface area contributed by atoms with Crippen molar-refractivity contribution in [2.24, 2.45) is 44.0 Å². The zero-order chi connectivity index (χ0) is 72.7. The van der Waals surface area contributed by atoms with Crippen molar-refractivity contribution < 1.29 is 148 Å². The minimum Gasteiger partial charge on any atom is -0.443 e. The summed E-state index contributed by atoms with van der Waals surface area (Å²) in [7, 11) is 0. The number of carbonyl (C=O) groups excluding carboxylic acids is 3. The third-order valence-corrected chi connectivity index (χ3v) is 22.2. The van der Waals surface area contributed by atoms with Crippen molar-refractivity contribution in [3.05, 3.63) is 83.9 Å². The number of aliphatic hydroxyl groups is 15. The van der Waals surface area contributed by atoms with Gasteiger partial charge in [-0.2, -0.15) is 9.98 Å². The monoisotopic (exact) mass is 1430 g/mol. The number of aliphatic imine (C=N–C) groups is 2. The number of amides is 2. The van der Waals surface area contributed by atoms with Crippen LogP contribution in [0.2, 0.25) is 0 Å². The van der Waals surface area contributed by atoms with Crippen LogP contribution in [0.15, 0.2) is 82.8 Å². The fourth-order valence-corrected chi connectivity index (χ4v) is 16.8. The van der Waals surface area contributed by atoms with Crippen molar-refractivity contribution in [2.75, 3.05) is 52.9 Å². The molecular formula is C69H98N2O30. The Bertz CT molecular complexity index is 3100. The molecule has 101 heavy (non-hydrogen) atoms. The molecule has 8 fully saturated rings. The van der Waals surface area contributed by atoms with Crippen LogP contribution in [0.3, 0.4) is 0 Å². The molecule has 8 aliphatic rings. The first kappa shape index (κ1) is 78.6. The lowest BCUT2D eigenvalue weighted by Gasteiger charge is -2.64. The van der Waals surface area contributed by atoms with E-state index in [0.29, 0.717) is 62.5 Å². The van der Waals surface area contributed by atoms with Gasteiger partial charge in [0.15, 0.2) is 18.7 Å². The number of hydrogen-bond acceptors (Lipinski definition) is 30. The predicted octanol–water partition coefficient (Wildman–Crippen LogP) is -1.88. The number of benzene rings is 2. The van der Waals surface area contributed by atoms with E-state index in [1.807, 2.05) is 6.92 Å². The van der Waals surface area contributed by atoms with Gasteiger partial charge >= 0.3 is 18.2 Å². The zero-order valence-corrected chi connectivity index (χ0v) is 56.2. The maximum Gasteiger partial charge on any atom is 0.433 e. The van der Waals surface area contributed by atoms with Crippen LogP contribution in [0.25, 0.3) is 0 Å². The van der Waals surface area contributed by atoms with Crippen LogP contribution in [0.1, 0.15) is 82.8 Å². The van der Waals surface area contributed by atoms with E-state index >= 15 is 4.79 Å². The van der Waals surface area contributed by atoms with Gasteiger partial charge < -0.3 is 133 Å². The second-order valence-electron chi connectivity index (χ2n) is 28.4. The Kier molecular flexibility index (Phi) is 26.5. The molecule has 15 N–H and O–H groups in total. The Hall–Kier alpha value is -5.03. The van der Waals surface area contributed by atoms with Crippen LogP contribution in [-0.4, -0.2) is 300 Å². The topological polar surface area (TPSA) is 490 Å². The maximum absolute atomic E-state index is 15.0. The van der Waals surface area contributed by atoms with Crippen LogP contribution in [-0.2, 0) is 74.9 Å². The summed E-state index contributed by atoms with van der Waals surface area (Å²) in [6.07, 6.45) is -32.4. The summed E-state index contributed by atoms with van der Waals surface area (Å²) >= 11 is 0. The van der Waals surface area contributed by atoms with Crippen molar-refractivity contribution in [2.45, 2.75) is 225 Å². The minimum absolute atomic E-state index is 0.0134. The fourth-order valence-electron chi connectivity index (χ4n) is 16.8. The molecule has 2 bridgehead atoms. The number of ether oxygens (including phenoxy) is 12. The first-order valence-corrected chi connectivity index (χ1v) is 34.3. The lowest BCUT2D eigenvalue weighted by atomic mass is 9.41. The Labute approximate surface area is 582 Å². The van der Waals surface area contributed by atoms with Crippen LogP contribution in [0, 0.1) is 34.0 Å². The summed E-state index contributed by atoms with van der Waals surface area (Å²) in [6, 6.07) is 17.4. The highest BCUT2D eigenvalue weighted by molar-refractivity contribution is 5.82. The molecule has 1 spiro atoms. The molecule has 4 aliphatic heterocycles. The Morgan fingerprint density at radius 1 is 0.594 bits per heavy atom. The van der Waals surface area contributed by atoms with Gasteiger partial charge in [-0.25, -0.2) is 9.59 Å². The molecule has 15 unspecified atom stereocenters. The van der Waals surface area contributed by atoms with Crippen molar-refractivity contribution >= 4 is 30.6 Å². The summed E-state index contributed by atoms with van der Waals surface area (Å²) in [5.74, 6) is -2.31. The lowest BCUT2D eigenvalue weighted by Crippen LogP contribution is -2.65. The second kappa shape index (κ2) is 34.0. The molecule has 2 aromatic rings. The van der Waals surface area contributed by atoms with Crippen LogP contribution in [0.4, 0.5) is 9.59 Å². The molecule has 2 aromatic carbocycles. The first-order valence-electron chi connectivity index (χ1n) is 34.3. The highest BCUT2D eigenvalue weighted by Gasteiger charge is 2.69. The predicted molar refractivity (Wildman–Crippen MR) is 344 cm³/mol. The zero-order valence-electron chi connectivity index (χ0n) is 56.2. The normalized spacial score (nSPS) is 41.1. The minimum atomic E-state index is -1.95. The third-order valence-electron chi connectivity index (χ3n) is 22.2. The summed E-state index contributed by atoms with van der Waals surface area (Å²) in [5, 5.41) is 162. The van der Waals surface area contributed by atoms with Gasteiger partial charge in [-0.05, 0) is 97.7 Å². The molecule has 4 heterocycles. The third kappa shape index (κ3) is 17.0. The molecule has 0 aromatic heterocycles. The van der Waals surface area contributed by atoms with Crippen LogP contribution < -0.4 is 0 Å². The van der Waals surface area contributed by atoms with Crippen molar-refractivity contribution in [1.82, 2.24) is 0 Å². The Morgan fingerprint density at radius 3 is 1.68 bits per heavy atom. The number of rotatable bonds is 27. The van der Waals surface area contributed by atoms with Gasteiger partial charge in [0, 0.05) is 18.3 Å². The van der Waals surface area contributed by atoms with Crippen molar-refractivity contribution in [1.29, 1.82) is 0 Å². The first-order chi connectivity index (χ1) is 48.3. The molecular weight excluding hydrogens is 1340 g/mol. The summed E-state index contributed by atoms with van der Waals surface area (Å²) in [6.45, 7) is 2.85. The Balaban J connectivity index is 0.856. The van der Waals surface area contributed by atoms with Gasteiger partial charge in [-0.3, -0.25) is 4.79 Å². The van der Waals surface area contributed by atoms with Gasteiger partial charge in [0.2, 0.25) is 6.29 Å². The van der Waals surface area contributed by atoms with Gasteiger partial charge in [0.1, 0.15) is 111 Å². The quantitative estimate of drug-likeness (QED) is 0.0201. The number of aliphatic hydroxyl groups excluding tert-OH is 15. The van der Waals surface area contributed by atoms with E-state index < -0.39 is 227 Å². The van der Waals surface area contributed by atoms with Crippen molar-refractivity contribution in [3.63, 3.8) is 0 Å². The number of hydrogen-bond donors (Lipinski definition) is 15. The number of esters is 1. The van der Waals surface area contributed by atoms with E-state index in [2.05, 4.69) is 23.5 Å². The molecule has 32 heteroatoms. The number of nitrogens with zero attached hydrogens (tertiary/aromatic N) is 2. The molecule has 10 rings (SSSR count). The molecule has 564 valence electrons. The number of fused-ring (bicyclic) bond motifs is 3. The van der Waals surface area contributed by atoms with Gasteiger partial charge in [0.05, 0.1) is 76.1 Å². The molecule has 4 aliphatic carbocycles. The second-order valence-corrected chi connectivity index (χ2v) is 28.4. The van der Waals surface area contributed by atoms with E-state index in [0.717, 1.165) is 24.4 Å². The molecule has 29 atom stereocenters. The number of carbonyl (C=O) groups is 3. The highest BCUT2D eigenvalue weighted by atomic mass is 16.8. The fraction of sp³-hybridized carbons (Fsp3) is 0.725. The maximum atomic E-state index is 15.0. The van der Waals surface area contributed by atoms with Gasteiger partial charge in [0.25, 0.3) is 0 Å². The molecule has 32 nitrogen and oxygen atoms in total. The largest absolute Gasteiger partial charge is 0.443 e. The van der Waals surface area contributed by atoms with E-state index in [1.165, 1.54) is 0 Å². The summed E-state index contributed by atoms with van der Waals surface area (Å²) in [5.41, 5.74) is -1.02. The van der Waals surface area contributed by atoms with E-state index in [4.69, 9.17) is 56.8 Å².